The Morgan fingerprint density at radius 3 is 2.54 bits per heavy atom. The molecule has 13 heteroatoms. The molecule has 2 aromatic rings. The Bertz CT molecular complexity index is 1080. The fourth-order valence-electron chi connectivity index (χ4n) is 4.40. The Morgan fingerprint density at radius 2 is 1.89 bits per heavy atom. The second-order valence-corrected chi connectivity index (χ2v) is 8.90. The zero-order valence-corrected chi connectivity index (χ0v) is 19.5. The van der Waals surface area contributed by atoms with Crippen molar-refractivity contribution >= 4 is 17.4 Å². The highest BCUT2D eigenvalue weighted by molar-refractivity contribution is 5.83. The summed E-state index contributed by atoms with van der Waals surface area (Å²) in [7, 11) is 0. The number of aromatic nitrogens is 4. The number of carbonyl (C=O) groups excluding carboxylic acids is 1. The predicted molar refractivity (Wildman–Crippen MR) is 121 cm³/mol. The second kappa shape index (κ2) is 10.2. The lowest BCUT2D eigenvalue weighted by molar-refractivity contribution is -0.141. The third-order valence-electron chi connectivity index (χ3n) is 6.40. The Labute approximate surface area is 199 Å². The fraction of sp³-hybridized carbons (Fsp3) is 0.591. The molecular weight excluding hydrogens is 467 g/mol. The molecule has 0 aliphatic carbocycles. The minimum absolute atomic E-state index is 0.0426. The first-order valence-electron chi connectivity index (χ1n) is 11.5. The summed E-state index contributed by atoms with van der Waals surface area (Å²) in [5.74, 6) is 0.358. The molecule has 2 aliphatic heterocycles. The van der Waals surface area contributed by atoms with Crippen LogP contribution in [0, 0.1) is 6.92 Å². The van der Waals surface area contributed by atoms with Gasteiger partial charge in [0.15, 0.2) is 5.69 Å². The number of carbonyl (C=O) groups is 1. The zero-order valence-electron chi connectivity index (χ0n) is 19.5. The molecule has 0 spiro atoms. The van der Waals surface area contributed by atoms with Crippen molar-refractivity contribution in [2.24, 2.45) is 0 Å². The summed E-state index contributed by atoms with van der Waals surface area (Å²) >= 11 is 0. The summed E-state index contributed by atoms with van der Waals surface area (Å²) in [6.07, 6.45) is 0.375. The van der Waals surface area contributed by atoms with Gasteiger partial charge in [0.2, 0.25) is 0 Å². The predicted octanol–water partition coefficient (Wildman–Crippen LogP) is 1.97. The number of anilines is 2. The van der Waals surface area contributed by atoms with Crippen LogP contribution in [0.25, 0.3) is 0 Å². The molecule has 4 heterocycles. The standard InChI is InChI=1S/C22H28F3N7O3/c1-13(29-16-9-28-30-20(33)14(16)2)12-35-17-5-8-32(21(17)34)15-3-6-31(7-4-15)19-11-26-18(10-27-19)22(23,24)25/h9-11,13,15,17H,3-8,12H2,1-2H3,(H2,29,30,33)/t13-,17-/m0/s1. The van der Waals surface area contributed by atoms with E-state index in [-0.39, 0.29) is 23.6 Å². The first kappa shape index (κ1) is 24.9. The number of amides is 1. The van der Waals surface area contributed by atoms with Crippen molar-refractivity contribution in [1.29, 1.82) is 0 Å². The maximum Gasteiger partial charge on any atom is 0.434 e. The van der Waals surface area contributed by atoms with E-state index >= 15 is 0 Å². The van der Waals surface area contributed by atoms with Gasteiger partial charge in [0.1, 0.15) is 11.9 Å². The minimum Gasteiger partial charge on any atom is -0.379 e. The summed E-state index contributed by atoms with van der Waals surface area (Å²) < 4.78 is 44.0. The van der Waals surface area contributed by atoms with Gasteiger partial charge in [0, 0.05) is 43.7 Å². The molecule has 2 aliphatic rings. The number of ether oxygens (including phenoxy) is 1. The number of rotatable bonds is 7. The van der Waals surface area contributed by atoms with Crippen LogP contribution in [-0.4, -0.2) is 75.4 Å². The average molecular weight is 496 g/mol. The number of hydrogen-bond acceptors (Lipinski definition) is 8. The van der Waals surface area contributed by atoms with Gasteiger partial charge in [-0.3, -0.25) is 9.59 Å². The second-order valence-electron chi connectivity index (χ2n) is 8.90. The van der Waals surface area contributed by atoms with Crippen LogP contribution in [0.4, 0.5) is 24.7 Å². The summed E-state index contributed by atoms with van der Waals surface area (Å²) in [5, 5.41) is 9.35. The molecule has 2 atom stereocenters. The Morgan fingerprint density at radius 1 is 1.14 bits per heavy atom. The Kier molecular flexibility index (Phi) is 7.24. The van der Waals surface area contributed by atoms with Gasteiger partial charge in [-0.25, -0.2) is 15.1 Å². The molecule has 35 heavy (non-hydrogen) atoms. The highest BCUT2D eigenvalue weighted by Gasteiger charge is 2.38. The molecular formula is C22H28F3N7O3. The highest BCUT2D eigenvalue weighted by atomic mass is 19.4. The average Bonchev–Trinajstić information content (AvgIpc) is 3.20. The largest absolute Gasteiger partial charge is 0.434 e. The van der Waals surface area contributed by atoms with Crippen LogP contribution in [0.15, 0.2) is 23.4 Å². The van der Waals surface area contributed by atoms with E-state index in [4.69, 9.17) is 4.74 Å². The quantitative estimate of drug-likeness (QED) is 0.599. The summed E-state index contributed by atoms with van der Waals surface area (Å²) in [5.41, 5.74) is -0.128. The van der Waals surface area contributed by atoms with Gasteiger partial charge in [-0.1, -0.05) is 0 Å². The van der Waals surface area contributed by atoms with Crippen LogP contribution in [-0.2, 0) is 15.7 Å². The molecule has 0 saturated carbocycles. The van der Waals surface area contributed by atoms with Crippen LogP contribution < -0.4 is 15.8 Å². The first-order valence-corrected chi connectivity index (χ1v) is 11.5. The van der Waals surface area contributed by atoms with Gasteiger partial charge in [-0.2, -0.15) is 18.3 Å². The van der Waals surface area contributed by atoms with Crippen molar-refractivity contribution in [3.05, 3.63) is 40.2 Å². The van der Waals surface area contributed by atoms with Crippen molar-refractivity contribution < 1.29 is 22.7 Å². The van der Waals surface area contributed by atoms with Crippen LogP contribution in [0.3, 0.4) is 0 Å². The van der Waals surface area contributed by atoms with Gasteiger partial charge in [0.05, 0.1) is 30.9 Å². The highest BCUT2D eigenvalue weighted by Crippen LogP contribution is 2.29. The maximum absolute atomic E-state index is 12.9. The number of nitrogens with one attached hydrogen (secondary N) is 2. The lowest BCUT2D eigenvalue weighted by Gasteiger charge is -2.37. The van der Waals surface area contributed by atoms with Crippen LogP contribution >= 0.6 is 0 Å². The number of halogens is 3. The number of aromatic amines is 1. The molecule has 2 fully saturated rings. The molecule has 1 amide bonds. The van der Waals surface area contributed by atoms with E-state index < -0.39 is 18.0 Å². The van der Waals surface area contributed by atoms with Crippen molar-refractivity contribution in [2.75, 3.05) is 36.5 Å². The lowest BCUT2D eigenvalue weighted by atomic mass is 10.0. The molecule has 0 radical (unpaired) electrons. The van der Waals surface area contributed by atoms with E-state index in [1.807, 2.05) is 16.7 Å². The molecule has 2 saturated heterocycles. The number of hydrogen-bond donors (Lipinski definition) is 2. The van der Waals surface area contributed by atoms with Gasteiger partial charge in [-0.15, -0.1) is 0 Å². The van der Waals surface area contributed by atoms with E-state index in [1.165, 1.54) is 6.20 Å². The number of likely N-dealkylation sites (tertiary alicyclic amines) is 1. The number of piperidine rings is 1. The van der Waals surface area contributed by atoms with Gasteiger partial charge in [-0.05, 0) is 26.7 Å². The van der Waals surface area contributed by atoms with Crippen LogP contribution in [0.5, 0.6) is 0 Å². The van der Waals surface area contributed by atoms with Gasteiger partial charge in [0.25, 0.3) is 11.5 Å². The molecule has 0 aromatic carbocycles. The first-order chi connectivity index (χ1) is 16.6. The molecule has 2 aromatic heterocycles. The molecule has 2 N–H and O–H groups in total. The Hall–Kier alpha value is -3.22. The number of nitrogens with zero attached hydrogens (tertiary/aromatic N) is 5. The topological polar surface area (TPSA) is 116 Å². The molecule has 10 nitrogen and oxygen atoms in total. The molecule has 0 unspecified atom stereocenters. The lowest BCUT2D eigenvalue weighted by Crippen LogP contribution is -2.47. The van der Waals surface area contributed by atoms with E-state index in [0.29, 0.717) is 62.6 Å². The number of alkyl halides is 3. The summed E-state index contributed by atoms with van der Waals surface area (Å²) in [4.78, 5) is 35.7. The van der Waals surface area contributed by atoms with Gasteiger partial charge >= 0.3 is 6.18 Å². The third-order valence-corrected chi connectivity index (χ3v) is 6.40. The fourth-order valence-corrected chi connectivity index (χ4v) is 4.40. The molecule has 190 valence electrons. The number of H-pyrrole nitrogens is 1. The summed E-state index contributed by atoms with van der Waals surface area (Å²) in [6.45, 7) is 5.64. The summed E-state index contributed by atoms with van der Waals surface area (Å²) in [6, 6.07) is -0.0812. The van der Waals surface area contributed by atoms with Crippen molar-refractivity contribution in [2.45, 2.75) is 57.5 Å². The van der Waals surface area contributed by atoms with Crippen LogP contribution in [0.2, 0.25) is 0 Å². The van der Waals surface area contributed by atoms with E-state index in [0.717, 1.165) is 12.4 Å². The van der Waals surface area contributed by atoms with Crippen molar-refractivity contribution in [3.63, 3.8) is 0 Å². The maximum atomic E-state index is 12.9. The van der Waals surface area contributed by atoms with Crippen molar-refractivity contribution in [3.8, 4) is 0 Å². The SMILES string of the molecule is Cc1c(N[C@@H](C)CO[C@H]2CCN(C3CCN(c4cnc(C(F)(F)F)cn4)CC3)C2=O)cn[nH]c1=O. The zero-order chi connectivity index (χ0) is 25.2. The van der Waals surface area contributed by atoms with Crippen LogP contribution in [0.1, 0.15) is 37.4 Å². The van der Waals surface area contributed by atoms with E-state index in [9.17, 15) is 22.8 Å². The van der Waals surface area contributed by atoms with E-state index in [1.54, 1.807) is 6.92 Å². The molecule has 0 bridgehead atoms. The van der Waals surface area contributed by atoms with E-state index in [2.05, 4.69) is 25.5 Å². The monoisotopic (exact) mass is 495 g/mol. The molecule has 4 rings (SSSR count). The third kappa shape index (κ3) is 5.72. The normalized spacial score (nSPS) is 20.4. The Balaban J connectivity index is 1.24. The smallest absolute Gasteiger partial charge is 0.379 e. The minimum atomic E-state index is -4.52. The van der Waals surface area contributed by atoms with Gasteiger partial charge < -0.3 is 19.9 Å². The van der Waals surface area contributed by atoms with Crippen molar-refractivity contribution in [1.82, 2.24) is 25.1 Å².